The number of carbonyl (C=O) groups is 1. The summed E-state index contributed by atoms with van der Waals surface area (Å²) < 4.78 is 5.04. The monoisotopic (exact) mass is 340 g/mol. The number of methoxy groups -OCH3 is 1. The highest BCUT2D eigenvalue weighted by Gasteiger charge is 2.27. The largest absolute Gasteiger partial charge is 0.480 e. The van der Waals surface area contributed by atoms with E-state index >= 15 is 0 Å². The van der Waals surface area contributed by atoms with Crippen molar-refractivity contribution in [3.63, 3.8) is 0 Å². The molecule has 1 saturated heterocycles. The van der Waals surface area contributed by atoms with Crippen LogP contribution in [0.2, 0.25) is 0 Å². The number of hydrogen-bond acceptors (Lipinski definition) is 5. The first-order valence-corrected chi connectivity index (χ1v) is 8.69. The van der Waals surface area contributed by atoms with Crippen molar-refractivity contribution in [1.29, 1.82) is 0 Å². The molecule has 1 unspecified atom stereocenters. The number of aromatic nitrogens is 2. The van der Waals surface area contributed by atoms with Crippen LogP contribution in [0.25, 0.3) is 0 Å². The Morgan fingerprint density at radius 1 is 1.08 bits per heavy atom. The number of carbonyl (C=O) groups excluding carboxylic acids is 1. The minimum absolute atomic E-state index is 0.0615. The lowest BCUT2D eigenvalue weighted by Crippen LogP contribution is -2.50. The predicted molar refractivity (Wildman–Crippen MR) is 96.9 cm³/mol. The van der Waals surface area contributed by atoms with E-state index in [9.17, 15) is 4.79 Å². The van der Waals surface area contributed by atoms with Gasteiger partial charge in [-0.1, -0.05) is 37.3 Å². The van der Waals surface area contributed by atoms with Crippen LogP contribution < -0.4 is 9.64 Å². The summed E-state index contributed by atoms with van der Waals surface area (Å²) in [5.41, 5.74) is 1.10. The van der Waals surface area contributed by atoms with E-state index in [1.54, 1.807) is 7.11 Å². The van der Waals surface area contributed by atoms with E-state index < -0.39 is 0 Å². The molecule has 1 aliphatic heterocycles. The molecule has 3 rings (SSSR count). The molecule has 0 radical (unpaired) electrons. The Balaban J connectivity index is 1.62. The molecule has 1 aromatic carbocycles. The minimum Gasteiger partial charge on any atom is -0.480 e. The van der Waals surface area contributed by atoms with Crippen LogP contribution in [0, 0.1) is 0 Å². The number of rotatable bonds is 5. The van der Waals surface area contributed by atoms with Crippen LogP contribution >= 0.6 is 0 Å². The summed E-state index contributed by atoms with van der Waals surface area (Å²) in [6.45, 7) is 5.00. The molecule has 25 heavy (non-hydrogen) atoms. The van der Waals surface area contributed by atoms with Crippen LogP contribution in [-0.2, 0) is 4.79 Å². The summed E-state index contributed by atoms with van der Waals surface area (Å²) >= 11 is 0. The van der Waals surface area contributed by atoms with E-state index in [2.05, 4.69) is 22.0 Å². The molecule has 132 valence electrons. The van der Waals surface area contributed by atoms with Gasteiger partial charge in [0, 0.05) is 32.2 Å². The molecule has 1 aromatic heterocycles. The highest BCUT2D eigenvalue weighted by atomic mass is 16.5. The normalized spacial score (nSPS) is 15.8. The highest BCUT2D eigenvalue weighted by Crippen LogP contribution is 2.23. The molecule has 2 aromatic rings. The van der Waals surface area contributed by atoms with Gasteiger partial charge in [0.1, 0.15) is 0 Å². The van der Waals surface area contributed by atoms with Gasteiger partial charge in [-0.05, 0) is 18.1 Å². The van der Waals surface area contributed by atoms with Crippen LogP contribution in [0.1, 0.15) is 24.8 Å². The highest BCUT2D eigenvalue weighted by molar-refractivity contribution is 5.84. The van der Waals surface area contributed by atoms with Gasteiger partial charge in [-0.3, -0.25) is 4.79 Å². The molecule has 1 atom stereocenters. The molecule has 0 N–H and O–H groups in total. The number of hydrogen-bond donors (Lipinski definition) is 0. The Hall–Kier alpha value is -2.63. The second-order valence-electron chi connectivity index (χ2n) is 6.12. The molecular weight excluding hydrogens is 316 g/mol. The van der Waals surface area contributed by atoms with Crippen LogP contribution in [-0.4, -0.2) is 54.3 Å². The fourth-order valence-electron chi connectivity index (χ4n) is 3.21. The van der Waals surface area contributed by atoms with Crippen molar-refractivity contribution in [2.24, 2.45) is 0 Å². The van der Waals surface area contributed by atoms with Crippen molar-refractivity contribution in [3.05, 3.63) is 48.0 Å². The van der Waals surface area contributed by atoms with Crippen molar-refractivity contribution >= 4 is 11.7 Å². The topological polar surface area (TPSA) is 58.6 Å². The molecule has 0 bridgehead atoms. The third kappa shape index (κ3) is 3.90. The molecule has 0 aliphatic carbocycles. The lowest BCUT2D eigenvalue weighted by molar-refractivity contribution is -0.133. The zero-order chi connectivity index (χ0) is 17.6. The Kier molecular flexibility index (Phi) is 5.48. The van der Waals surface area contributed by atoms with Crippen molar-refractivity contribution in [2.45, 2.75) is 19.3 Å². The zero-order valence-electron chi connectivity index (χ0n) is 14.8. The van der Waals surface area contributed by atoms with E-state index in [1.165, 1.54) is 0 Å². The number of nitrogens with zero attached hydrogens (tertiary/aromatic N) is 4. The maximum atomic E-state index is 12.9. The summed E-state index contributed by atoms with van der Waals surface area (Å²) in [5, 5.41) is 8.20. The smallest absolute Gasteiger partial charge is 0.233 e. The van der Waals surface area contributed by atoms with E-state index in [1.807, 2.05) is 47.4 Å². The van der Waals surface area contributed by atoms with E-state index in [-0.39, 0.29) is 11.8 Å². The lowest BCUT2D eigenvalue weighted by atomic mass is 9.95. The first kappa shape index (κ1) is 17.2. The Morgan fingerprint density at radius 2 is 1.80 bits per heavy atom. The standard InChI is InChI=1S/C19H24N4O2/c1-3-16(15-7-5-4-6-8-15)19(24)23-13-11-22(12-14-23)17-9-10-18(25-2)21-20-17/h4-10,16H,3,11-14H2,1-2H3. The molecular formula is C19H24N4O2. The van der Waals surface area contributed by atoms with E-state index in [4.69, 9.17) is 4.74 Å². The third-order valence-electron chi connectivity index (χ3n) is 4.66. The van der Waals surface area contributed by atoms with Crippen molar-refractivity contribution in [2.75, 3.05) is 38.2 Å². The van der Waals surface area contributed by atoms with E-state index in [0.717, 1.165) is 30.9 Å². The first-order chi connectivity index (χ1) is 12.2. The lowest BCUT2D eigenvalue weighted by Gasteiger charge is -2.36. The minimum atomic E-state index is -0.0615. The van der Waals surface area contributed by atoms with Gasteiger partial charge >= 0.3 is 0 Å². The molecule has 0 spiro atoms. The summed E-state index contributed by atoms with van der Waals surface area (Å²) in [6.07, 6.45) is 0.813. The second kappa shape index (κ2) is 7.96. The van der Waals surface area contributed by atoms with Crippen molar-refractivity contribution in [1.82, 2.24) is 15.1 Å². The average molecular weight is 340 g/mol. The Labute approximate surface area is 148 Å². The molecule has 0 saturated carbocycles. The van der Waals surface area contributed by atoms with Crippen LogP contribution in [0.3, 0.4) is 0 Å². The quantitative estimate of drug-likeness (QED) is 0.836. The number of piperazine rings is 1. The fourth-order valence-corrected chi connectivity index (χ4v) is 3.21. The average Bonchev–Trinajstić information content (AvgIpc) is 2.69. The third-order valence-corrected chi connectivity index (χ3v) is 4.66. The maximum Gasteiger partial charge on any atom is 0.233 e. The molecule has 6 heteroatoms. The predicted octanol–water partition coefficient (Wildman–Crippen LogP) is 2.33. The number of ether oxygens (including phenoxy) is 1. The van der Waals surface area contributed by atoms with E-state index in [0.29, 0.717) is 19.0 Å². The molecule has 1 amide bonds. The number of benzene rings is 1. The SMILES string of the molecule is CCC(C(=O)N1CCN(c2ccc(OC)nn2)CC1)c1ccccc1. The zero-order valence-corrected chi connectivity index (χ0v) is 14.8. The van der Waals surface area contributed by atoms with Gasteiger partial charge in [-0.2, -0.15) is 0 Å². The van der Waals surface area contributed by atoms with Gasteiger partial charge in [-0.15, -0.1) is 10.2 Å². The molecule has 2 heterocycles. The summed E-state index contributed by atoms with van der Waals surface area (Å²) in [7, 11) is 1.57. The van der Waals surface area contributed by atoms with Gasteiger partial charge < -0.3 is 14.5 Å². The van der Waals surface area contributed by atoms with Gasteiger partial charge in [0.2, 0.25) is 11.8 Å². The summed E-state index contributed by atoms with van der Waals surface area (Å²) in [6, 6.07) is 13.8. The van der Waals surface area contributed by atoms with Gasteiger partial charge in [0.05, 0.1) is 13.0 Å². The van der Waals surface area contributed by atoms with Gasteiger partial charge in [-0.25, -0.2) is 0 Å². The maximum absolute atomic E-state index is 12.9. The number of anilines is 1. The fraction of sp³-hybridized carbons (Fsp3) is 0.421. The van der Waals surface area contributed by atoms with Gasteiger partial charge in [0.15, 0.2) is 5.82 Å². The second-order valence-corrected chi connectivity index (χ2v) is 6.12. The van der Waals surface area contributed by atoms with Crippen LogP contribution in [0.5, 0.6) is 5.88 Å². The molecule has 1 aliphatic rings. The Bertz CT molecular complexity index is 682. The summed E-state index contributed by atoms with van der Waals surface area (Å²) in [5.74, 6) is 1.48. The van der Waals surface area contributed by atoms with Crippen LogP contribution in [0.4, 0.5) is 5.82 Å². The first-order valence-electron chi connectivity index (χ1n) is 8.69. The molecule has 1 fully saturated rings. The van der Waals surface area contributed by atoms with Crippen molar-refractivity contribution in [3.8, 4) is 5.88 Å². The van der Waals surface area contributed by atoms with Crippen molar-refractivity contribution < 1.29 is 9.53 Å². The van der Waals surface area contributed by atoms with Crippen LogP contribution in [0.15, 0.2) is 42.5 Å². The van der Waals surface area contributed by atoms with Gasteiger partial charge in [0.25, 0.3) is 0 Å². The number of amides is 1. The molecule has 6 nitrogen and oxygen atoms in total. The Morgan fingerprint density at radius 3 is 2.36 bits per heavy atom. The summed E-state index contributed by atoms with van der Waals surface area (Å²) in [4.78, 5) is 17.0.